The summed E-state index contributed by atoms with van der Waals surface area (Å²) in [5, 5.41) is 2.63. The quantitative estimate of drug-likeness (QED) is 0.633. The summed E-state index contributed by atoms with van der Waals surface area (Å²) in [5.74, 6) is -0.150. The molecule has 0 aromatic heterocycles. The first-order valence-electron chi connectivity index (χ1n) is 9.43. The van der Waals surface area contributed by atoms with E-state index in [9.17, 15) is 14.4 Å². The number of hydrogen-bond donors (Lipinski definition) is 1. The van der Waals surface area contributed by atoms with Crippen LogP contribution in [0.25, 0.3) is 0 Å². The summed E-state index contributed by atoms with van der Waals surface area (Å²) in [7, 11) is 3.34. The molecule has 154 valence electrons. The molecule has 1 N–H and O–H groups in total. The lowest BCUT2D eigenvalue weighted by molar-refractivity contribution is -0.144. The standard InChI is InChI=1S/C20H28N2O5S/c1-22(15-8-4-3-5-9-15)19(24)13-28-14-20(25)27-12-18(23)21-16-10-6-7-11-17(16)26-2/h6-7,10-11,15H,3-5,8-9,12-14H2,1-2H3,(H,21,23). The minimum Gasteiger partial charge on any atom is -0.495 e. The number of ether oxygens (including phenoxy) is 2. The second kappa shape index (κ2) is 11.6. The molecule has 28 heavy (non-hydrogen) atoms. The van der Waals surface area contributed by atoms with Crippen LogP contribution < -0.4 is 10.1 Å². The zero-order chi connectivity index (χ0) is 20.4. The number of nitrogens with zero attached hydrogens (tertiary/aromatic N) is 1. The van der Waals surface area contributed by atoms with Gasteiger partial charge in [0, 0.05) is 13.1 Å². The summed E-state index contributed by atoms with van der Waals surface area (Å²) >= 11 is 1.21. The van der Waals surface area contributed by atoms with Crippen LogP contribution in [0, 0.1) is 0 Å². The number of nitrogens with one attached hydrogen (secondary N) is 1. The van der Waals surface area contributed by atoms with Crippen molar-refractivity contribution in [2.24, 2.45) is 0 Å². The molecule has 8 heteroatoms. The second-order valence-corrected chi connectivity index (χ2v) is 7.68. The van der Waals surface area contributed by atoms with E-state index in [2.05, 4.69) is 5.32 Å². The van der Waals surface area contributed by atoms with Gasteiger partial charge in [-0.2, -0.15) is 0 Å². The van der Waals surface area contributed by atoms with Crippen molar-refractivity contribution in [1.29, 1.82) is 0 Å². The van der Waals surface area contributed by atoms with Gasteiger partial charge in [-0.3, -0.25) is 14.4 Å². The summed E-state index contributed by atoms with van der Waals surface area (Å²) in [5.41, 5.74) is 0.511. The number of carbonyl (C=O) groups excluding carboxylic acids is 3. The van der Waals surface area contributed by atoms with Gasteiger partial charge in [0.2, 0.25) is 5.91 Å². The minimum atomic E-state index is -0.520. The molecule has 7 nitrogen and oxygen atoms in total. The maximum absolute atomic E-state index is 12.2. The Morgan fingerprint density at radius 1 is 1.14 bits per heavy atom. The molecule has 1 aromatic carbocycles. The van der Waals surface area contributed by atoms with Crippen LogP contribution in [-0.4, -0.2) is 61.0 Å². The van der Waals surface area contributed by atoms with E-state index >= 15 is 0 Å². The Morgan fingerprint density at radius 3 is 2.57 bits per heavy atom. The average molecular weight is 409 g/mol. The van der Waals surface area contributed by atoms with Crippen LogP contribution in [0.4, 0.5) is 5.69 Å². The van der Waals surface area contributed by atoms with E-state index in [1.807, 2.05) is 7.05 Å². The first-order valence-corrected chi connectivity index (χ1v) is 10.6. The molecule has 0 aliphatic heterocycles. The summed E-state index contributed by atoms with van der Waals surface area (Å²) in [4.78, 5) is 37.8. The van der Waals surface area contributed by atoms with Crippen LogP contribution in [0.5, 0.6) is 5.75 Å². The molecule has 0 radical (unpaired) electrons. The second-order valence-electron chi connectivity index (χ2n) is 6.70. The highest BCUT2D eigenvalue weighted by atomic mass is 32.2. The third-order valence-corrected chi connectivity index (χ3v) is 5.60. The summed E-state index contributed by atoms with van der Waals surface area (Å²) in [6.45, 7) is -0.382. The van der Waals surface area contributed by atoms with Crippen molar-refractivity contribution in [1.82, 2.24) is 4.90 Å². The highest BCUT2D eigenvalue weighted by Crippen LogP contribution is 2.23. The Hall–Kier alpha value is -2.22. The fourth-order valence-electron chi connectivity index (χ4n) is 3.12. The van der Waals surface area contributed by atoms with Gasteiger partial charge in [-0.1, -0.05) is 31.4 Å². The molecule has 2 amide bonds. The number of benzene rings is 1. The van der Waals surface area contributed by atoms with E-state index < -0.39 is 11.9 Å². The molecule has 1 aliphatic carbocycles. The van der Waals surface area contributed by atoms with E-state index in [0.29, 0.717) is 17.5 Å². The number of carbonyl (C=O) groups is 3. The van der Waals surface area contributed by atoms with E-state index in [-0.39, 0.29) is 24.0 Å². The molecular formula is C20H28N2O5S. The largest absolute Gasteiger partial charge is 0.495 e. The lowest BCUT2D eigenvalue weighted by atomic mass is 9.94. The maximum Gasteiger partial charge on any atom is 0.316 e. The summed E-state index contributed by atoms with van der Waals surface area (Å²) in [6, 6.07) is 7.29. The number of para-hydroxylation sites is 2. The van der Waals surface area contributed by atoms with Crippen LogP contribution in [0.15, 0.2) is 24.3 Å². The molecule has 1 aromatic rings. The number of thioether (sulfide) groups is 1. The van der Waals surface area contributed by atoms with Gasteiger partial charge in [0.05, 0.1) is 24.3 Å². The molecule has 0 unspecified atom stereocenters. The first kappa shape index (κ1) is 22.1. The molecule has 0 heterocycles. The van der Waals surface area contributed by atoms with Gasteiger partial charge < -0.3 is 19.7 Å². The lowest BCUT2D eigenvalue weighted by Gasteiger charge is -2.31. The van der Waals surface area contributed by atoms with Gasteiger partial charge in [0.15, 0.2) is 6.61 Å². The molecule has 1 aliphatic rings. The average Bonchev–Trinajstić information content (AvgIpc) is 2.72. The minimum absolute atomic E-state index is 0.0265. The highest BCUT2D eigenvalue weighted by Gasteiger charge is 2.22. The number of rotatable bonds is 9. The molecule has 0 spiro atoms. The molecule has 0 saturated heterocycles. The number of amides is 2. The van der Waals surface area contributed by atoms with E-state index in [4.69, 9.17) is 9.47 Å². The Bertz CT molecular complexity index is 676. The Morgan fingerprint density at radius 2 is 1.86 bits per heavy atom. The van der Waals surface area contributed by atoms with Crippen molar-refractivity contribution in [3.05, 3.63) is 24.3 Å². The predicted molar refractivity (Wildman–Crippen MR) is 110 cm³/mol. The number of anilines is 1. The van der Waals surface area contributed by atoms with Crippen LogP contribution >= 0.6 is 11.8 Å². The van der Waals surface area contributed by atoms with Crippen molar-refractivity contribution in [3.8, 4) is 5.75 Å². The molecule has 1 fully saturated rings. The van der Waals surface area contributed by atoms with Crippen LogP contribution in [0.3, 0.4) is 0 Å². The summed E-state index contributed by atoms with van der Waals surface area (Å²) < 4.78 is 10.1. The van der Waals surface area contributed by atoms with Crippen molar-refractivity contribution in [3.63, 3.8) is 0 Å². The zero-order valence-corrected chi connectivity index (χ0v) is 17.3. The fourth-order valence-corrected chi connectivity index (χ4v) is 3.85. The van der Waals surface area contributed by atoms with Gasteiger partial charge in [0.1, 0.15) is 5.75 Å². The SMILES string of the molecule is COc1ccccc1NC(=O)COC(=O)CSCC(=O)N(C)C1CCCCC1. The predicted octanol–water partition coefficient (Wildman–Crippen LogP) is 2.70. The monoisotopic (exact) mass is 408 g/mol. The zero-order valence-electron chi connectivity index (χ0n) is 16.4. The van der Waals surface area contributed by atoms with Gasteiger partial charge in [-0.25, -0.2) is 0 Å². The normalized spacial score (nSPS) is 14.2. The van der Waals surface area contributed by atoms with Gasteiger partial charge >= 0.3 is 5.97 Å². The summed E-state index contributed by atoms with van der Waals surface area (Å²) in [6.07, 6.45) is 5.67. The topological polar surface area (TPSA) is 84.9 Å². The van der Waals surface area contributed by atoms with Crippen molar-refractivity contribution in [2.45, 2.75) is 38.1 Å². The molecule has 1 saturated carbocycles. The maximum atomic E-state index is 12.2. The van der Waals surface area contributed by atoms with Gasteiger partial charge in [-0.15, -0.1) is 11.8 Å². The van der Waals surface area contributed by atoms with E-state index in [0.717, 1.165) is 12.8 Å². The Balaban J connectivity index is 1.64. The van der Waals surface area contributed by atoms with Gasteiger partial charge in [0.25, 0.3) is 5.91 Å². The fraction of sp³-hybridized carbons (Fsp3) is 0.550. The third-order valence-electron chi connectivity index (χ3n) is 4.71. The van der Waals surface area contributed by atoms with Crippen molar-refractivity contribution < 1.29 is 23.9 Å². The smallest absolute Gasteiger partial charge is 0.316 e. The van der Waals surface area contributed by atoms with Crippen molar-refractivity contribution in [2.75, 3.05) is 37.6 Å². The van der Waals surface area contributed by atoms with Gasteiger partial charge in [-0.05, 0) is 25.0 Å². The number of hydrogen-bond acceptors (Lipinski definition) is 6. The van der Waals surface area contributed by atoms with Crippen molar-refractivity contribution >= 4 is 35.2 Å². The first-order chi connectivity index (χ1) is 13.5. The van der Waals surface area contributed by atoms with Crippen LogP contribution in [0.1, 0.15) is 32.1 Å². The highest BCUT2D eigenvalue weighted by molar-refractivity contribution is 8.00. The molecule has 0 atom stereocenters. The van der Waals surface area contributed by atoms with Crippen LogP contribution in [0.2, 0.25) is 0 Å². The number of esters is 1. The van der Waals surface area contributed by atoms with E-state index in [1.54, 1.807) is 29.2 Å². The molecular weight excluding hydrogens is 380 g/mol. The Labute approximate surface area is 170 Å². The number of methoxy groups -OCH3 is 1. The lowest BCUT2D eigenvalue weighted by Crippen LogP contribution is -2.39. The Kier molecular flexibility index (Phi) is 9.13. The molecule has 0 bridgehead atoms. The van der Waals surface area contributed by atoms with E-state index in [1.165, 1.54) is 38.1 Å². The third kappa shape index (κ3) is 7.07. The molecule has 2 rings (SSSR count). The van der Waals surface area contributed by atoms with Crippen LogP contribution in [-0.2, 0) is 19.1 Å².